The number of rotatable bonds is 4. The van der Waals surface area contributed by atoms with Gasteiger partial charge in [0.05, 0.1) is 16.8 Å². The molecule has 138 valence electrons. The highest BCUT2D eigenvalue weighted by molar-refractivity contribution is 6.13. The van der Waals surface area contributed by atoms with E-state index < -0.39 is 0 Å². The van der Waals surface area contributed by atoms with E-state index >= 15 is 0 Å². The van der Waals surface area contributed by atoms with Crippen LogP contribution in [0.1, 0.15) is 22.8 Å². The van der Waals surface area contributed by atoms with Crippen molar-refractivity contribution in [1.82, 2.24) is 4.98 Å². The highest BCUT2D eigenvalue weighted by atomic mass is 19.1. The highest BCUT2D eigenvalue weighted by Crippen LogP contribution is 2.26. The zero-order chi connectivity index (χ0) is 19.5. The van der Waals surface area contributed by atoms with Crippen LogP contribution < -0.4 is 5.32 Å². The summed E-state index contributed by atoms with van der Waals surface area (Å²) in [5.41, 5.74) is 4.78. The van der Waals surface area contributed by atoms with Crippen LogP contribution in [0, 0.1) is 5.82 Å². The van der Waals surface area contributed by atoms with E-state index in [9.17, 15) is 9.18 Å². The molecule has 0 fully saturated rings. The number of nitrogens with zero attached hydrogens (tertiary/aromatic N) is 1. The topological polar surface area (TPSA) is 42.0 Å². The molecule has 0 unspecified atom stereocenters. The van der Waals surface area contributed by atoms with Gasteiger partial charge in [0.1, 0.15) is 5.82 Å². The summed E-state index contributed by atoms with van der Waals surface area (Å²) < 4.78 is 13.1. The molecule has 0 aliphatic heterocycles. The lowest BCUT2D eigenvalue weighted by Gasteiger charge is -2.11. The van der Waals surface area contributed by atoms with Gasteiger partial charge in [-0.1, -0.05) is 49.4 Å². The first kappa shape index (κ1) is 17.9. The summed E-state index contributed by atoms with van der Waals surface area (Å²) in [6, 6.07) is 23.3. The maximum absolute atomic E-state index is 13.1. The molecule has 0 spiro atoms. The number of carbonyl (C=O) groups excluding carboxylic acids is 1. The van der Waals surface area contributed by atoms with Gasteiger partial charge in [0.15, 0.2) is 0 Å². The SMILES string of the molecule is CCc1ccc(-c2cc(C(=O)Nc3ccc(F)cc3)c3ccccc3n2)cc1. The Kier molecular flexibility index (Phi) is 4.85. The number of nitrogens with one attached hydrogen (secondary N) is 1. The lowest BCUT2D eigenvalue weighted by Crippen LogP contribution is -2.13. The van der Waals surface area contributed by atoms with Crippen LogP contribution >= 0.6 is 0 Å². The minimum absolute atomic E-state index is 0.253. The Morgan fingerprint density at radius 1 is 0.964 bits per heavy atom. The number of pyridine rings is 1. The van der Waals surface area contributed by atoms with E-state index in [1.165, 1.54) is 17.7 Å². The maximum atomic E-state index is 13.1. The number of para-hydroxylation sites is 1. The van der Waals surface area contributed by atoms with Crippen LogP contribution in [0.3, 0.4) is 0 Å². The fourth-order valence-corrected chi connectivity index (χ4v) is 3.15. The van der Waals surface area contributed by atoms with Gasteiger partial charge in [-0.15, -0.1) is 0 Å². The molecule has 3 aromatic carbocycles. The number of benzene rings is 3. The van der Waals surface area contributed by atoms with Crippen LogP contribution in [0.5, 0.6) is 0 Å². The molecule has 0 atom stereocenters. The molecule has 0 aliphatic carbocycles. The lowest BCUT2D eigenvalue weighted by atomic mass is 10.0. The number of aromatic nitrogens is 1. The van der Waals surface area contributed by atoms with Crippen LogP contribution in [-0.4, -0.2) is 10.9 Å². The monoisotopic (exact) mass is 370 g/mol. The van der Waals surface area contributed by atoms with Crippen molar-refractivity contribution in [3.63, 3.8) is 0 Å². The third-order valence-corrected chi connectivity index (χ3v) is 4.72. The van der Waals surface area contributed by atoms with E-state index in [1.54, 1.807) is 12.1 Å². The van der Waals surface area contributed by atoms with Crippen molar-refractivity contribution in [2.24, 2.45) is 0 Å². The van der Waals surface area contributed by atoms with Crippen molar-refractivity contribution in [3.8, 4) is 11.3 Å². The van der Waals surface area contributed by atoms with Crippen LogP contribution in [0.15, 0.2) is 78.9 Å². The van der Waals surface area contributed by atoms with Crippen LogP contribution in [0.4, 0.5) is 10.1 Å². The third-order valence-electron chi connectivity index (χ3n) is 4.72. The molecule has 0 radical (unpaired) electrons. The summed E-state index contributed by atoms with van der Waals surface area (Å²) >= 11 is 0. The van der Waals surface area contributed by atoms with Crippen LogP contribution in [-0.2, 0) is 6.42 Å². The molecule has 4 heteroatoms. The summed E-state index contributed by atoms with van der Waals surface area (Å²) in [5.74, 6) is -0.596. The Hall–Kier alpha value is -3.53. The number of anilines is 1. The van der Waals surface area contributed by atoms with Gasteiger partial charge in [-0.2, -0.15) is 0 Å². The van der Waals surface area contributed by atoms with Gasteiger partial charge in [0.2, 0.25) is 0 Å². The Morgan fingerprint density at radius 2 is 1.68 bits per heavy atom. The largest absolute Gasteiger partial charge is 0.322 e. The number of amides is 1. The Morgan fingerprint density at radius 3 is 2.39 bits per heavy atom. The zero-order valence-corrected chi connectivity index (χ0v) is 15.4. The van der Waals surface area contributed by atoms with Crippen molar-refractivity contribution >= 4 is 22.5 Å². The minimum Gasteiger partial charge on any atom is -0.322 e. The summed E-state index contributed by atoms with van der Waals surface area (Å²) in [4.78, 5) is 17.7. The molecule has 1 amide bonds. The smallest absolute Gasteiger partial charge is 0.256 e. The van der Waals surface area contributed by atoms with Crippen molar-refractivity contribution in [3.05, 3.63) is 95.8 Å². The predicted octanol–water partition coefficient (Wildman–Crippen LogP) is 5.86. The van der Waals surface area contributed by atoms with Crippen molar-refractivity contribution in [2.45, 2.75) is 13.3 Å². The molecule has 0 saturated heterocycles. The molecule has 0 aliphatic rings. The van der Waals surface area contributed by atoms with Crippen LogP contribution in [0.25, 0.3) is 22.2 Å². The zero-order valence-electron chi connectivity index (χ0n) is 15.4. The second kappa shape index (κ2) is 7.61. The standard InChI is InChI=1S/C24H19FN2O/c1-2-16-7-9-17(10-8-16)23-15-21(20-5-3-4-6-22(20)27-23)24(28)26-19-13-11-18(25)12-14-19/h3-15H,2H2,1H3,(H,26,28). The Balaban J connectivity index is 1.77. The van der Waals surface area contributed by atoms with Gasteiger partial charge < -0.3 is 5.32 Å². The maximum Gasteiger partial charge on any atom is 0.256 e. The average molecular weight is 370 g/mol. The van der Waals surface area contributed by atoms with E-state index in [1.807, 2.05) is 42.5 Å². The van der Waals surface area contributed by atoms with Crippen LogP contribution in [0.2, 0.25) is 0 Å². The Labute approximate surface area is 162 Å². The molecule has 4 rings (SSSR count). The molecule has 4 aromatic rings. The number of aryl methyl sites for hydroxylation is 1. The van der Waals surface area contributed by atoms with Gasteiger partial charge in [-0.05, 0) is 48.4 Å². The molecule has 28 heavy (non-hydrogen) atoms. The molecule has 3 nitrogen and oxygen atoms in total. The number of halogens is 1. The number of fused-ring (bicyclic) bond motifs is 1. The van der Waals surface area contributed by atoms with E-state index in [0.29, 0.717) is 11.3 Å². The van der Waals surface area contributed by atoms with Gasteiger partial charge in [0.25, 0.3) is 5.91 Å². The van der Waals surface area contributed by atoms with Gasteiger partial charge in [-0.3, -0.25) is 4.79 Å². The summed E-state index contributed by atoms with van der Waals surface area (Å²) in [7, 11) is 0. The molecule has 0 saturated carbocycles. The minimum atomic E-state index is -0.342. The summed E-state index contributed by atoms with van der Waals surface area (Å²) in [6.45, 7) is 2.11. The fourth-order valence-electron chi connectivity index (χ4n) is 3.15. The predicted molar refractivity (Wildman–Crippen MR) is 111 cm³/mol. The molecule has 1 aromatic heterocycles. The molecular weight excluding hydrogens is 351 g/mol. The summed E-state index contributed by atoms with van der Waals surface area (Å²) in [5, 5.41) is 3.62. The lowest BCUT2D eigenvalue weighted by molar-refractivity contribution is 0.102. The number of carbonyl (C=O) groups is 1. The van der Waals surface area contributed by atoms with E-state index in [2.05, 4.69) is 24.4 Å². The van der Waals surface area contributed by atoms with E-state index in [0.717, 1.165) is 28.6 Å². The second-order valence-corrected chi connectivity index (χ2v) is 6.58. The van der Waals surface area contributed by atoms with Crippen molar-refractivity contribution in [1.29, 1.82) is 0 Å². The van der Waals surface area contributed by atoms with Crippen molar-refractivity contribution in [2.75, 3.05) is 5.32 Å². The normalized spacial score (nSPS) is 10.8. The molecule has 0 bridgehead atoms. The second-order valence-electron chi connectivity index (χ2n) is 6.58. The highest BCUT2D eigenvalue weighted by Gasteiger charge is 2.14. The van der Waals surface area contributed by atoms with Gasteiger partial charge >= 0.3 is 0 Å². The number of hydrogen-bond acceptors (Lipinski definition) is 2. The first-order valence-electron chi connectivity index (χ1n) is 9.20. The summed E-state index contributed by atoms with van der Waals surface area (Å²) in [6.07, 6.45) is 0.969. The van der Waals surface area contributed by atoms with Crippen molar-refractivity contribution < 1.29 is 9.18 Å². The Bertz CT molecular complexity index is 1140. The molecule has 1 heterocycles. The number of hydrogen-bond donors (Lipinski definition) is 1. The average Bonchev–Trinajstić information content (AvgIpc) is 2.74. The fraction of sp³-hybridized carbons (Fsp3) is 0.0833. The molecule has 1 N–H and O–H groups in total. The quantitative estimate of drug-likeness (QED) is 0.489. The van der Waals surface area contributed by atoms with E-state index in [4.69, 9.17) is 4.98 Å². The third kappa shape index (κ3) is 3.62. The first-order chi connectivity index (χ1) is 13.6. The van der Waals surface area contributed by atoms with Gasteiger partial charge in [-0.25, -0.2) is 9.37 Å². The van der Waals surface area contributed by atoms with E-state index in [-0.39, 0.29) is 11.7 Å². The first-order valence-corrected chi connectivity index (χ1v) is 9.20. The van der Waals surface area contributed by atoms with Gasteiger partial charge in [0, 0.05) is 16.6 Å². The molecular formula is C24H19FN2O.